The van der Waals surface area contributed by atoms with Gasteiger partial charge < -0.3 is 15.4 Å². The predicted octanol–water partition coefficient (Wildman–Crippen LogP) is -0.395. The van der Waals surface area contributed by atoms with Crippen molar-refractivity contribution in [3.63, 3.8) is 0 Å². The molecule has 1 aliphatic rings. The van der Waals surface area contributed by atoms with E-state index in [1.54, 1.807) is 0 Å². The molecule has 0 amide bonds. The lowest BCUT2D eigenvalue weighted by molar-refractivity contribution is 0.0686. The summed E-state index contributed by atoms with van der Waals surface area (Å²) in [5.74, 6) is 0. The Bertz CT molecular complexity index is 123. The summed E-state index contributed by atoms with van der Waals surface area (Å²) < 4.78 is 5.15. The van der Waals surface area contributed by atoms with Gasteiger partial charge >= 0.3 is 0 Å². The van der Waals surface area contributed by atoms with Crippen molar-refractivity contribution in [3.8, 4) is 0 Å². The Balaban J connectivity index is 2.31. The third kappa shape index (κ3) is 1.90. The van der Waals surface area contributed by atoms with E-state index in [9.17, 15) is 0 Å². The topological polar surface area (TPSA) is 38.5 Å². The van der Waals surface area contributed by atoms with E-state index in [4.69, 9.17) is 22.7 Å². The average Bonchev–Trinajstić information content (AvgIpc) is 2.05. The first-order valence-electron chi connectivity index (χ1n) is 3.40. The first-order chi connectivity index (χ1) is 4.84. The minimum absolute atomic E-state index is 0.481. The molecule has 0 spiro atoms. The number of hydrogen-bond donors (Lipinski definition) is 1. The van der Waals surface area contributed by atoms with E-state index in [0.29, 0.717) is 6.54 Å². The number of morpholine rings is 1. The molecule has 2 N–H and O–H groups in total. The lowest BCUT2D eigenvalue weighted by Gasteiger charge is -2.28. The van der Waals surface area contributed by atoms with Gasteiger partial charge in [-0.25, -0.2) is 0 Å². The van der Waals surface area contributed by atoms with Crippen LogP contribution < -0.4 is 5.73 Å². The van der Waals surface area contributed by atoms with Crippen LogP contribution in [0, 0.1) is 0 Å². The smallest absolute Gasteiger partial charge is 0.0919 e. The molecule has 0 saturated carbocycles. The fourth-order valence-electron chi connectivity index (χ4n) is 0.942. The van der Waals surface area contributed by atoms with Crippen LogP contribution in [0.3, 0.4) is 0 Å². The van der Waals surface area contributed by atoms with Crippen molar-refractivity contribution in [2.75, 3.05) is 32.8 Å². The van der Waals surface area contributed by atoms with Gasteiger partial charge in [0.2, 0.25) is 0 Å². The zero-order valence-corrected chi connectivity index (χ0v) is 6.69. The highest BCUT2D eigenvalue weighted by molar-refractivity contribution is 7.80. The van der Waals surface area contributed by atoms with Crippen LogP contribution in [0.1, 0.15) is 0 Å². The second-order valence-electron chi connectivity index (χ2n) is 2.20. The molecule has 0 unspecified atom stereocenters. The Labute approximate surface area is 66.1 Å². The maximum absolute atomic E-state index is 5.38. The van der Waals surface area contributed by atoms with Gasteiger partial charge in [0.1, 0.15) is 0 Å². The average molecular weight is 160 g/mol. The summed E-state index contributed by atoms with van der Waals surface area (Å²) in [6.45, 7) is 3.83. The maximum atomic E-state index is 5.38. The van der Waals surface area contributed by atoms with E-state index >= 15 is 0 Å². The molecule has 0 aromatic carbocycles. The summed E-state index contributed by atoms with van der Waals surface area (Å²) in [5, 5.41) is 0. The van der Waals surface area contributed by atoms with Crippen molar-refractivity contribution in [2.45, 2.75) is 0 Å². The molecule has 0 radical (unpaired) electrons. The quantitative estimate of drug-likeness (QED) is 0.530. The number of thiocarbonyl (C=S) groups is 1. The van der Waals surface area contributed by atoms with Crippen LogP contribution in [-0.2, 0) is 4.74 Å². The van der Waals surface area contributed by atoms with Crippen LogP contribution in [0.4, 0.5) is 0 Å². The minimum atomic E-state index is 0.481. The van der Waals surface area contributed by atoms with E-state index in [1.807, 2.05) is 0 Å². The van der Waals surface area contributed by atoms with E-state index < -0.39 is 0 Å². The molecule has 0 aliphatic carbocycles. The maximum Gasteiger partial charge on any atom is 0.0919 e. The predicted molar refractivity (Wildman–Crippen MR) is 44.0 cm³/mol. The van der Waals surface area contributed by atoms with Crippen molar-refractivity contribution < 1.29 is 4.74 Å². The summed E-state index contributed by atoms with van der Waals surface area (Å²) in [7, 11) is 0. The Hall–Kier alpha value is -0.190. The molecule has 0 atom stereocenters. The van der Waals surface area contributed by atoms with Crippen LogP contribution in [0.25, 0.3) is 0 Å². The third-order valence-electron chi connectivity index (χ3n) is 1.54. The molecule has 1 heterocycles. The summed E-state index contributed by atoms with van der Waals surface area (Å²) in [4.78, 5) is 2.95. The van der Waals surface area contributed by atoms with Gasteiger partial charge in [0, 0.05) is 19.6 Å². The second-order valence-corrected chi connectivity index (χ2v) is 2.67. The van der Waals surface area contributed by atoms with Gasteiger partial charge in [-0.1, -0.05) is 12.2 Å². The Morgan fingerprint density at radius 2 is 2.10 bits per heavy atom. The van der Waals surface area contributed by atoms with Crippen molar-refractivity contribution in [1.29, 1.82) is 0 Å². The van der Waals surface area contributed by atoms with Gasteiger partial charge in [0.25, 0.3) is 0 Å². The molecular weight excluding hydrogens is 148 g/mol. The normalized spacial score (nSPS) is 19.1. The second kappa shape index (κ2) is 3.85. The zero-order chi connectivity index (χ0) is 7.40. The minimum Gasteiger partial charge on any atom is -0.378 e. The highest BCUT2D eigenvalue weighted by atomic mass is 32.1. The van der Waals surface area contributed by atoms with Crippen LogP contribution in [-0.4, -0.2) is 42.7 Å². The Kier molecular flexibility index (Phi) is 3.05. The van der Waals surface area contributed by atoms with Crippen molar-refractivity contribution in [1.82, 2.24) is 4.90 Å². The molecule has 1 saturated heterocycles. The number of hydrogen-bond acceptors (Lipinski definition) is 3. The lowest BCUT2D eigenvalue weighted by Crippen LogP contribution is -2.42. The summed E-state index contributed by atoms with van der Waals surface area (Å²) in [5.41, 5.74) is 5.38. The van der Waals surface area contributed by atoms with Gasteiger partial charge in [-0.05, 0) is 0 Å². The summed E-state index contributed by atoms with van der Waals surface area (Å²) >= 11 is 5.02. The Morgan fingerprint density at radius 1 is 1.50 bits per heavy atom. The molecule has 4 heteroatoms. The number of nitrogens with zero attached hydrogens (tertiary/aromatic N) is 1. The van der Waals surface area contributed by atoms with Crippen molar-refractivity contribution in [2.24, 2.45) is 5.73 Å². The number of nitrogens with two attached hydrogens (primary N) is 1. The van der Waals surface area contributed by atoms with Crippen LogP contribution >= 0.6 is 12.2 Å². The number of ether oxygens (including phenoxy) is 1. The highest BCUT2D eigenvalue weighted by Gasteiger charge is 2.11. The van der Waals surface area contributed by atoms with E-state index in [-0.39, 0.29) is 0 Å². The molecule has 10 heavy (non-hydrogen) atoms. The Morgan fingerprint density at radius 3 is 2.60 bits per heavy atom. The van der Waals surface area contributed by atoms with Gasteiger partial charge in [-0.2, -0.15) is 0 Å². The van der Waals surface area contributed by atoms with E-state index in [0.717, 1.165) is 31.3 Å². The standard InChI is InChI=1S/C6H12N2OS/c7-5-6(10)8-1-3-9-4-2-8/h1-5,7H2. The molecule has 0 bridgehead atoms. The van der Waals surface area contributed by atoms with Gasteiger partial charge in [0.15, 0.2) is 0 Å². The fraction of sp³-hybridized carbons (Fsp3) is 0.833. The van der Waals surface area contributed by atoms with Crippen LogP contribution in [0.15, 0.2) is 0 Å². The van der Waals surface area contributed by atoms with Gasteiger partial charge in [-0.15, -0.1) is 0 Å². The SMILES string of the molecule is NCC(=S)N1CCOCC1. The molecule has 0 aromatic heterocycles. The van der Waals surface area contributed by atoms with Gasteiger partial charge in [-0.3, -0.25) is 0 Å². The molecule has 3 nitrogen and oxygen atoms in total. The molecule has 1 rings (SSSR count). The first-order valence-corrected chi connectivity index (χ1v) is 3.81. The van der Waals surface area contributed by atoms with E-state index in [1.165, 1.54) is 0 Å². The highest BCUT2D eigenvalue weighted by Crippen LogP contribution is 1.97. The number of rotatable bonds is 1. The third-order valence-corrected chi connectivity index (χ3v) is 1.96. The van der Waals surface area contributed by atoms with Crippen LogP contribution in [0.5, 0.6) is 0 Å². The van der Waals surface area contributed by atoms with Crippen molar-refractivity contribution in [3.05, 3.63) is 0 Å². The largest absolute Gasteiger partial charge is 0.378 e. The lowest BCUT2D eigenvalue weighted by atomic mass is 10.4. The molecule has 58 valence electrons. The summed E-state index contributed by atoms with van der Waals surface area (Å²) in [6.07, 6.45) is 0. The molecule has 0 aromatic rings. The van der Waals surface area contributed by atoms with Gasteiger partial charge in [0.05, 0.1) is 18.2 Å². The van der Waals surface area contributed by atoms with Crippen molar-refractivity contribution >= 4 is 17.2 Å². The zero-order valence-electron chi connectivity index (χ0n) is 5.88. The monoisotopic (exact) mass is 160 g/mol. The van der Waals surface area contributed by atoms with E-state index in [2.05, 4.69) is 4.90 Å². The molecule has 1 fully saturated rings. The molecule has 1 aliphatic heterocycles. The molecular formula is C6H12N2OS. The summed E-state index contributed by atoms with van der Waals surface area (Å²) in [6, 6.07) is 0. The first kappa shape index (κ1) is 7.91. The van der Waals surface area contributed by atoms with Crippen LogP contribution in [0.2, 0.25) is 0 Å². The fourth-order valence-corrected chi connectivity index (χ4v) is 1.12.